The molecule has 0 radical (unpaired) electrons. The molecule has 1 fully saturated rings. The molecule has 2 aromatic rings. The second kappa shape index (κ2) is 11.0. The first-order valence-electron chi connectivity index (χ1n) is 10.7. The Morgan fingerprint density at radius 3 is 2.19 bits per heavy atom. The minimum absolute atomic E-state index is 0.0219. The molecule has 6 nitrogen and oxygen atoms in total. The lowest BCUT2D eigenvalue weighted by atomic mass is 9.95. The van der Waals surface area contributed by atoms with Crippen molar-refractivity contribution < 1.29 is 14.4 Å². The lowest BCUT2D eigenvalue weighted by molar-refractivity contribution is -0.126. The van der Waals surface area contributed by atoms with Crippen molar-refractivity contribution in [3.05, 3.63) is 64.7 Å². The Morgan fingerprint density at radius 1 is 0.968 bits per heavy atom. The fourth-order valence-electron chi connectivity index (χ4n) is 3.56. The van der Waals surface area contributed by atoms with Crippen molar-refractivity contribution in [1.29, 1.82) is 0 Å². The smallest absolute Gasteiger partial charge is 0.255 e. The van der Waals surface area contributed by atoms with Crippen LogP contribution in [-0.2, 0) is 4.79 Å². The molecule has 0 unspecified atom stereocenters. The number of anilines is 1. The third kappa shape index (κ3) is 6.31. The number of halogens is 1. The summed E-state index contributed by atoms with van der Waals surface area (Å²) in [6, 6.07) is 13.5. The average Bonchev–Trinajstić information content (AvgIpc) is 2.79. The van der Waals surface area contributed by atoms with E-state index in [-0.39, 0.29) is 23.6 Å². The minimum atomic E-state index is -0.241. The van der Waals surface area contributed by atoms with Crippen molar-refractivity contribution in [2.75, 3.05) is 25.0 Å². The van der Waals surface area contributed by atoms with Crippen LogP contribution in [0.5, 0.6) is 0 Å². The molecule has 31 heavy (non-hydrogen) atoms. The number of hydrogen-bond donors (Lipinski definition) is 2. The van der Waals surface area contributed by atoms with Crippen LogP contribution in [0.25, 0.3) is 0 Å². The number of carbonyl (C=O) groups is 3. The Labute approximate surface area is 188 Å². The first-order chi connectivity index (χ1) is 15.0. The molecule has 0 spiro atoms. The number of unbranched alkanes of at least 4 members (excludes halogenated alkanes) is 1. The standard InChI is InChI=1S/C24H28ClN3O3/c1-2-3-14-26-22(29)18-12-15-28(16-13-18)24(31)19-6-10-21(11-7-19)27-23(30)17-4-8-20(25)9-5-17/h4-11,18H,2-3,12-16H2,1H3,(H,26,29)(H,27,30). The largest absolute Gasteiger partial charge is 0.356 e. The molecule has 1 aliphatic rings. The third-order valence-corrected chi connectivity index (χ3v) is 5.73. The first kappa shape index (κ1) is 22.8. The van der Waals surface area contributed by atoms with E-state index in [4.69, 9.17) is 11.6 Å². The summed E-state index contributed by atoms with van der Waals surface area (Å²) in [5, 5.41) is 6.36. The number of likely N-dealkylation sites (tertiary alicyclic amines) is 1. The van der Waals surface area contributed by atoms with Gasteiger partial charge in [0.05, 0.1) is 0 Å². The van der Waals surface area contributed by atoms with Gasteiger partial charge in [-0.3, -0.25) is 14.4 Å². The maximum atomic E-state index is 12.8. The van der Waals surface area contributed by atoms with Crippen LogP contribution in [0.4, 0.5) is 5.69 Å². The number of amides is 3. The molecule has 2 N–H and O–H groups in total. The van der Waals surface area contributed by atoms with E-state index >= 15 is 0 Å². The highest BCUT2D eigenvalue weighted by Gasteiger charge is 2.27. The number of hydrogen-bond acceptors (Lipinski definition) is 3. The van der Waals surface area contributed by atoms with Crippen molar-refractivity contribution >= 4 is 35.0 Å². The van der Waals surface area contributed by atoms with Crippen molar-refractivity contribution in [3.63, 3.8) is 0 Å². The van der Waals surface area contributed by atoms with Gasteiger partial charge in [0.15, 0.2) is 0 Å². The number of nitrogens with one attached hydrogen (secondary N) is 2. The van der Waals surface area contributed by atoms with Gasteiger partial charge in [0.25, 0.3) is 11.8 Å². The minimum Gasteiger partial charge on any atom is -0.356 e. The zero-order chi connectivity index (χ0) is 22.2. The highest BCUT2D eigenvalue weighted by atomic mass is 35.5. The summed E-state index contributed by atoms with van der Waals surface area (Å²) in [6.07, 6.45) is 3.40. The maximum Gasteiger partial charge on any atom is 0.255 e. The second-order valence-corrected chi connectivity index (χ2v) is 8.19. The zero-order valence-electron chi connectivity index (χ0n) is 17.7. The molecule has 164 valence electrons. The molecule has 3 amide bonds. The van der Waals surface area contributed by atoms with Crippen LogP contribution in [-0.4, -0.2) is 42.3 Å². The van der Waals surface area contributed by atoms with Crippen LogP contribution >= 0.6 is 11.6 Å². The van der Waals surface area contributed by atoms with E-state index in [0.29, 0.717) is 47.8 Å². The summed E-state index contributed by atoms with van der Waals surface area (Å²) in [5.41, 5.74) is 1.68. The van der Waals surface area contributed by atoms with Gasteiger partial charge in [-0.25, -0.2) is 0 Å². The molecular weight excluding hydrogens is 414 g/mol. The van der Waals surface area contributed by atoms with E-state index in [0.717, 1.165) is 19.4 Å². The summed E-state index contributed by atoms with van der Waals surface area (Å²) < 4.78 is 0. The summed E-state index contributed by atoms with van der Waals surface area (Å²) in [5.74, 6) is -0.219. The molecule has 0 aliphatic carbocycles. The van der Waals surface area contributed by atoms with Gasteiger partial charge in [-0.05, 0) is 67.8 Å². The van der Waals surface area contributed by atoms with E-state index in [1.165, 1.54) is 0 Å². The Balaban J connectivity index is 1.51. The summed E-state index contributed by atoms with van der Waals surface area (Å²) in [4.78, 5) is 39.1. The van der Waals surface area contributed by atoms with E-state index in [2.05, 4.69) is 17.6 Å². The van der Waals surface area contributed by atoms with Crippen LogP contribution in [0.2, 0.25) is 5.02 Å². The Kier molecular flexibility index (Phi) is 8.06. The topological polar surface area (TPSA) is 78.5 Å². The lowest BCUT2D eigenvalue weighted by Gasteiger charge is -2.31. The van der Waals surface area contributed by atoms with Crippen LogP contribution in [0.3, 0.4) is 0 Å². The number of nitrogens with zero attached hydrogens (tertiary/aromatic N) is 1. The molecule has 1 aliphatic heterocycles. The molecule has 7 heteroatoms. The van der Waals surface area contributed by atoms with Crippen molar-refractivity contribution in [2.45, 2.75) is 32.6 Å². The molecule has 0 atom stereocenters. The van der Waals surface area contributed by atoms with Crippen molar-refractivity contribution in [2.24, 2.45) is 5.92 Å². The van der Waals surface area contributed by atoms with Crippen LogP contribution in [0.1, 0.15) is 53.3 Å². The monoisotopic (exact) mass is 441 g/mol. The van der Waals surface area contributed by atoms with E-state index in [1.807, 2.05) is 0 Å². The first-order valence-corrected chi connectivity index (χ1v) is 11.1. The Hall–Kier alpha value is -2.86. The Bertz CT molecular complexity index is 905. The molecule has 1 saturated heterocycles. The zero-order valence-corrected chi connectivity index (χ0v) is 18.5. The fraction of sp³-hybridized carbons (Fsp3) is 0.375. The summed E-state index contributed by atoms with van der Waals surface area (Å²) in [6.45, 7) is 3.95. The molecule has 0 bridgehead atoms. The van der Waals surface area contributed by atoms with Gasteiger partial charge < -0.3 is 15.5 Å². The highest BCUT2D eigenvalue weighted by Crippen LogP contribution is 2.20. The third-order valence-electron chi connectivity index (χ3n) is 5.48. The SMILES string of the molecule is CCCCNC(=O)C1CCN(C(=O)c2ccc(NC(=O)c3ccc(Cl)cc3)cc2)CC1. The van der Waals surface area contributed by atoms with Crippen molar-refractivity contribution in [1.82, 2.24) is 10.2 Å². The van der Waals surface area contributed by atoms with E-state index in [9.17, 15) is 14.4 Å². The Morgan fingerprint density at radius 2 is 1.58 bits per heavy atom. The predicted molar refractivity (Wildman–Crippen MR) is 122 cm³/mol. The molecule has 1 heterocycles. The number of carbonyl (C=O) groups excluding carboxylic acids is 3. The van der Waals surface area contributed by atoms with Gasteiger partial charge in [0, 0.05) is 47.4 Å². The second-order valence-electron chi connectivity index (χ2n) is 7.75. The van der Waals surface area contributed by atoms with Gasteiger partial charge in [-0.2, -0.15) is 0 Å². The van der Waals surface area contributed by atoms with Gasteiger partial charge in [0.2, 0.25) is 5.91 Å². The number of rotatable bonds is 7. The summed E-state index contributed by atoms with van der Waals surface area (Å²) >= 11 is 5.85. The predicted octanol–water partition coefficient (Wildman–Crippen LogP) is 4.36. The quantitative estimate of drug-likeness (QED) is 0.626. The van der Waals surface area contributed by atoms with E-state index in [1.54, 1.807) is 53.4 Å². The van der Waals surface area contributed by atoms with Gasteiger partial charge in [-0.1, -0.05) is 24.9 Å². The average molecular weight is 442 g/mol. The van der Waals surface area contributed by atoms with Gasteiger partial charge in [0.1, 0.15) is 0 Å². The molecular formula is C24H28ClN3O3. The number of benzene rings is 2. The number of piperidine rings is 1. The van der Waals surface area contributed by atoms with Crippen LogP contribution in [0, 0.1) is 5.92 Å². The molecule has 3 rings (SSSR count). The van der Waals surface area contributed by atoms with Crippen LogP contribution < -0.4 is 10.6 Å². The lowest BCUT2D eigenvalue weighted by Crippen LogP contribution is -2.43. The molecule has 0 aromatic heterocycles. The van der Waals surface area contributed by atoms with Gasteiger partial charge >= 0.3 is 0 Å². The van der Waals surface area contributed by atoms with Gasteiger partial charge in [-0.15, -0.1) is 0 Å². The maximum absolute atomic E-state index is 12.8. The molecule has 0 saturated carbocycles. The van der Waals surface area contributed by atoms with Crippen molar-refractivity contribution in [3.8, 4) is 0 Å². The van der Waals surface area contributed by atoms with Crippen LogP contribution in [0.15, 0.2) is 48.5 Å². The fourth-order valence-corrected chi connectivity index (χ4v) is 3.69. The summed E-state index contributed by atoms with van der Waals surface area (Å²) in [7, 11) is 0. The normalized spacial score (nSPS) is 14.2. The van der Waals surface area contributed by atoms with E-state index < -0.39 is 0 Å². The highest BCUT2D eigenvalue weighted by molar-refractivity contribution is 6.30. The molecule has 2 aromatic carbocycles.